The first-order valence-corrected chi connectivity index (χ1v) is 9.45. The molecule has 2 aromatic carbocycles. The summed E-state index contributed by atoms with van der Waals surface area (Å²) < 4.78 is 18.9. The number of aromatic hydroxyl groups is 1. The predicted molar refractivity (Wildman–Crippen MR) is 110 cm³/mol. The van der Waals surface area contributed by atoms with Crippen LogP contribution < -0.4 is 0 Å². The van der Waals surface area contributed by atoms with Crippen LogP contribution in [0.3, 0.4) is 0 Å². The molecule has 5 nitrogen and oxygen atoms in total. The Bertz CT molecular complexity index is 1030. The molecule has 29 heavy (non-hydrogen) atoms. The highest BCUT2D eigenvalue weighted by Crippen LogP contribution is 2.39. The largest absolute Gasteiger partial charge is 0.508 e. The molecular formula is C23H24FNO4. The van der Waals surface area contributed by atoms with E-state index in [1.54, 1.807) is 44.4 Å². The fourth-order valence-corrected chi connectivity index (χ4v) is 3.64. The van der Waals surface area contributed by atoms with Crippen LogP contribution in [0.1, 0.15) is 31.0 Å². The molecule has 0 radical (unpaired) electrons. The van der Waals surface area contributed by atoms with Crippen molar-refractivity contribution in [2.75, 3.05) is 13.7 Å². The van der Waals surface area contributed by atoms with Crippen molar-refractivity contribution in [3.8, 4) is 16.9 Å². The van der Waals surface area contributed by atoms with E-state index < -0.39 is 11.9 Å². The van der Waals surface area contributed by atoms with E-state index in [4.69, 9.17) is 9.72 Å². The summed E-state index contributed by atoms with van der Waals surface area (Å²) >= 11 is 0. The molecule has 3 rings (SSSR count). The van der Waals surface area contributed by atoms with Crippen LogP contribution in [-0.2, 0) is 16.0 Å². The van der Waals surface area contributed by atoms with Gasteiger partial charge in [-0.15, -0.1) is 0 Å². The number of benzene rings is 2. The maximum absolute atomic E-state index is 13.6. The summed E-state index contributed by atoms with van der Waals surface area (Å²) in [6, 6.07) is 11.1. The van der Waals surface area contributed by atoms with Crippen LogP contribution >= 0.6 is 0 Å². The highest BCUT2D eigenvalue weighted by Gasteiger charge is 2.24. The van der Waals surface area contributed by atoms with Gasteiger partial charge in [-0.2, -0.15) is 0 Å². The Labute approximate surface area is 168 Å². The average Bonchev–Trinajstić information content (AvgIpc) is 2.67. The zero-order valence-corrected chi connectivity index (χ0v) is 16.6. The van der Waals surface area contributed by atoms with Gasteiger partial charge in [-0.25, -0.2) is 4.39 Å². The Balaban J connectivity index is 2.36. The minimum atomic E-state index is -0.906. The summed E-state index contributed by atoms with van der Waals surface area (Å²) in [7, 11) is 1.61. The fraction of sp³-hybridized carbons (Fsp3) is 0.304. The monoisotopic (exact) mass is 397 g/mol. The first kappa shape index (κ1) is 20.7. The number of ether oxygens (including phenoxy) is 1. The average molecular weight is 397 g/mol. The van der Waals surface area contributed by atoms with E-state index in [2.05, 4.69) is 0 Å². The summed E-state index contributed by atoms with van der Waals surface area (Å²) in [5.74, 6) is -1.87. The highest BCUT2D eigenvalue weighted by atomic mass is 19.1. The predicted octanol–water partition coefficient (Wildman–Crippen LogP) is 4.76. The van der Waals surface area contributed by atoms with Gasteiger partial charge in [0.1, 0.15) is 11.6 Å². The number of rotatable bonds is 7. The number of carboxylic acids is 1. The molecule has 3 aromatic rings. The van der Waals surface area contributed by atoms with Crippen LogP contribution in [-0.4, -0.2) is 34.9 Å². The molecule has 0 fully saturated rings. The summed E-state index contributed by atoms with van der Waals surface area (Å²) in [5.41, 5.74) is 3.73. The maximum atomic E-state index is 13.6. The van der Waals surface area contributed by atoms with Gasteiger partial charge in [0, 0.05) is 36.6 Å². The number of methoxy groups -OCH3 is 1. The minimum Gasteiger partial charge on any atom is -0.508 e. The van der Waals surface area contributed by atoms with Crippen LogP contribution in [0, 0.1) is 11.7 Å². The lowest BCUT2D eigenvalue weighted by atomic mass is 9.85. The third-order valence-electron chi connectivity index (χ3n) is 5.05. The Hall–Kier alpha value is -2.99. The fourth-order valence-electron chi connectivity index (χ4n) is 3.64. The normalized spacial score (nSPS) is 13.4. The van der Waals surface area contributed by atoms with Gasteiger partial charge in [-0.1, -0.05) is 26.0 Å². The molecule has 2 N–H and O–H groups in total. The number of pyridine rings is 1. The number of aromatic nitrogens is 1. The molecule has 1 unspecified atom stereocenters. The first-order chi connectivity index (χ1) is 13.8. The molecule has 0 amide bonds. The standard InChI is InChI=1S/C23H24FNO4/c1-13(23(27)28)10-20-21(14(2)12-29-3)22(15-4-6-16(24)7-5-15)18-9-8-17(26)11-19(18)25-20/h4-9,11,13-14,26H,10,12H2,1-3H3,(H,27,28)/t13-,14?/m0/s1. The summed E-state index contributed by atoms with van der Waals surface area (Å²) in [4.78, 5) is 16.2. The molecule has 0 aliphatic heterocycles. The van der Waals surface area contributed by atoms with E-state index in [-0.39, 0.29) is 23.9 Å². The summed E-state index contributed by atoms with van der Waals surface area (Å²) in [5, 5.41) is 20.2. The van der Waals surface area contributed by atoms with E-state index in [0.717, 1.165) is 22.1 Å². The number of phenols is 1. The lowest BCUT2D eigenvalue weighted by Gasteiger charge is -2.23. The van der Waals surface area contributed by atoms with Crippen molar-refractivity contribution in [2.24, 2.45) is 5.92 Å². The Morgan fingerprint density at radius 3 is 2.48 bits per heavy atom. The molecule has 0 aliphatic carbocycles. The number of hydrogen-bond donors (Lipinski definition) is 2. The highest BCUT2D eigenvalue weighted by molar-refractivity contribution is 5.97. The Morgan fingerprint density at radius 1 is 1.17 bits per heavy atom. The Morgan fingerprint density at radius 2 is 1.86 bits per heavy atom. The molecular weight excluding hydrogens is 373 g/mol. The maximum Gasteiger partial charge on any atom is 0.306 e. The van der Waals surface area contributed by atoms with E-state index >= 15 is 0 Å². The van der Waals surface area contributed by atoms with Crippen LogP contribution in [0.2, 0.25) is 0 Å². The van der Waals surface area contributed by atoms with Crippen molar-refractivity contribution >= 4 is 16.9 Å². The van der Waals surface area contributed by atoms with Crippen molar-refractivity contribution in [3.05, 3.63) is 59.5 Å². The summed E-state index contributed by atoms with van der Waals surface area (Å²) in [6.45, 7) is 4.06. The lowest BCUT2D eigenvalue weighted by Crippen LogP contribution is -2.17. The Kier molecular flexibility index (Phi) is 6.13. The molecule has 6 heteroatoms. The van der Waals surface area contributed by atoms with Crippen LogP contribution in [0.15, 0.2) is 42.5 Å². The molecule has 0 bridgehead atoms. The SMILES string of the molecule is COCC(C)c1c(C[C@H](C)C(=O)O)nc2cc(O)ccc2c1-c1ccc(F)cc1. The van der Waals surface area contributed by atoms with Crippen LogP contribution in [0.5, 0.6) is 5.75 Å². The van der Waals surface area contributed by atoms with Gasteiger partial charge in [-0.3, -0.25) is 9.78 Å². The molecule has 0 spiro atoms. The van der Waals surface area contributed by atoms with Gasteiger partial charge in [0.05, 0.1) is 18.0 Å². The molecule has 0 saturated carbocycles. The number of halogens is 1. The van der Waals surface area contributed by atoms with Gasteiger partial charge in [0.2, 0.25) is 0 Å². The quantitative estimate of drug-likeness (QED) is 0.601. The van der Waals surface area contributed by atoms with Gasteiger partial charge in [0.25, 0.3) is 0 Å². The topological polar surface area (TPSA) is 79.7 Å². The number of fused-ring (bicyclic) bond motifs is 1. The zero-order valence-electron chi connectivity index (χ0n) is 16.6. The third-order valence-corrected chi connectivity index (χ3v) is 5.05. The number of nitrogens with zero attached hydrogens (tertiary/aromatic N) is 1. The number of phenolic OH excluding ortho intramolecular Hbond substituents is 1. The number of hydrogen-bond acceptors (Lipinski definition) is 4. The summed E-state index contributed by atoms with van der Waals surface area (Å²) in [6.07, 6.45) is 0.235. The molecule has 2 atom stereocenters. The number of carboxylic acid groups (broad SMARTS) is 1. The second-order valence-corrected chi connectivity index (χ2v) is 7.36. The molecule has 152 valence electrons. The van der Waals surface area contributed by atoms with Crippen molar-refractivity contribution in [3.63, 3.8) is 0 Å². The van der Waals surface area contributed by atoms with E-state index in [1.165, 1.54) is 12.1 Å². The van der Waals surface area contributed by atoms with Crippen molar-refractivity contribution in [1.82, 2.24) is 4.98 Å². The molecule has 1 heterocycles. The third kappa shape index (κ3) is 4.38. The van der Waals surface area contributed by atoms with E-state index in [0.29, 0.717) is 17.8 Å². The number of carbonyl (C=O) groups is 1. The van der Waals surface area contributed by atoms with Gasteiger partial charge in [-0.05, 0) is 41.0 Å². The lowest BCUT2D eigenvalue weighted by molar-refractivity contribution is -0.141. The second-order valence-electron chi connectivity index (χ2n) is 7.36. The molecule has 0 aliphatic rings. The first-order valence-electron chi connectivity index (χ1n) is 9.45. The van der Waals surface area contributed by atoms with Crippen molar-refractivity contribution in [2.45, 2.75) is 26.2 Å². The smallest absolute Gasteiger partial charge is 0.306 e. The van der Waals surface area contributed by atoms with Gasteiger partial charge >= 0.3 is 5.97 Å². The van der Waals surface area contributed by atoms with E-state index in [9.17, 15) is 19.4 Å². The number of aliphatic carboxylic acids is 1. The van der Waals surface area contributed by atoms with E-state index in [1.807, 2.05) is 6.92 Å². The van der Waals surface area contributed by atoms with Gasteiger partial charge < -0.3 is 14.9 Å². The minimum absolute atomic E-state index is 0.0678. The molecule has 0 saturated heterocycles. The van der Waals surface area contributed by atoms with Gasteiger partial charge in [0.15, 0.2) is 0 Å². The van der Waals surface area contributed by atoms with Crippen molar-refractivity contribution in [1.29, 1.82) is 0 Å². The zero-order chi connectivity index (χ0) is 21.1. The van der Waals surface area contributed by atoms with Crippen LogP contribution in [0.25, 0.3) is 22.0 Å². The molecule has 1 aromatic heterocycles. The van der Waals surface area contributed by atoms with Crippen molar-refractivity contribution < 1.29 is 24.1 Å². The second kappa shape index (κ2) is 8.57. The van der Waals surface area contributed by atoms with Crippen LogP contribution in [0.4, 0.5) is 4.39 Å².